The number of ketones is 1. The number of aromatic nitrogens is 2. The van der Waals surface area contributed by atoms with Gasteiger partial charge in [-0.25, -0.2) is 0 Å². The summed E-state index contributed by atoms with van der Waals surface area (Å²) in [5, 5.41) is 21.4. The molecule has 0 bridgehead atoms. The lowest BCUT2D eigenvalue weighted by atomic mass is 9.78. The number of hydrogen-bond acceptors (Lipinski definition) is 10. The number of amides is 1. The quantitative estimate of drug-likeness (QED) is 0.428. The molecule has 198 valence electrons. The van der Waals surface area contributed by atoms with Gasteiger partial charge >= 0.3 is 0 Å². The van der Waals surface area contributed by atoms with Crippen LogP contribution in [0.4, 0.5) is 5.13 Å². The van der Waals surface area contributed by atoms with Gasteiger partial charge in [0, 0.05) is 35.7 Å². The highest BCUT2D eigenvalue weighted by Crippen LogP contribution is 2.48. The lowest BCUT2D eigenvalue weighted by molar-refractivity contribution is -0.129. The zero-order valence-corrected chi connectivity index (χ0v) is 23.8. The Balaban J connectivity index is 1.25. The molecule has 11 heteroatoms. The molecule has 0 saturated carbocycles. The van der Waals surface area contributed by atoms with Crippen molar-refractivity contribution in [1.82, 2.24) is 15.1 Å². The number of carbonyl (C=O) groups excluding carboxylic acids is 2. The maximum absolute atomic E-state index is 13.3. The summed E-state index contributed by atoms with van der Waals surface area (Å²) in [4.78, 5) is 30.8. The van der Waals surface area contributed by atoms with E-state index in [4.69, 9.17) is 5.73 Å². The van der Waals surface area contributed by atoms with Gasteiger partial charge in [0.05, 0.1) is 23.3 Å². The van der Waals surface area contributed by atoms with Crippen molar-refractivity contribution in [1.29, 1.82) is 5.26 Å². The van der Waals surface area contributed by atoms with Gasteiger partial charge in [0.25, 0.3) is 0 Å². The molecule has 0 radical (unpaired) electrons. The first-order valence-corrected chi connectivity index (χ1v) is 15.5. The lowest BCUT2D eigenvalue weighted by Gasteiger charge is -2.37. The van der Waals surface area contributed by atoms with Gasteiger partial charge < -0.3 is 10.6 Å². The molecule has 0 fully saturated rings. The monoisotopic (exact) mass is 574 g/mol. The third kappa shape index (κ3) is 4.67. The van der Waals surface area contributed by atoms with Crippen molar-refractivity contribution in [2.24, 2.45) is 5.73 Å². The van der Waals surface area contributed by atoms with Gasteiger partial charge in [-0.05, 0) is 54.3 Å². The summed E-state index contributed by atoms with van der Waals surface area (Å²) >= 11 is 4.21. The molecule has 1 unspecified atom stereocenters. The first-order chi connectivity index (χ1) is 19.0. The average Bonchev–Trinajstić information content (AvgIpc) is 3.59. The van der Waals surface area contributed by atoms with E-state index >= 15 is 0 Å². The van der Waals surface area contributed by atoms with Gasteiger partial charge in [0.15, 0.2) is 10.1 Å². The molecular weight excluding hydrogens is 549 g/mol. The molecule has 39 heavy (non-hydrogen) atoms. The number of rotatable bonds is 5. The van der Waals surface area contributed by atoms with E-state index in [2.05, 4.69) is 28.4 Å². The Morgan fingerprint density at radius 1 is 1.21 bits per heavy atom. The van der Waals surface area contributed by atoms with Crippen LogP contribution in [0.25, 0.3) is 0 Å². The number of fused-ring (bicyclic) bond motifs is 1. The Kier molecular flexibility index (Phi) is 7.01. The summed E-state index contributed by atoms with van der Waals surface area (Å²) in [5.74, 6) is 0.208. The van der Waals surface area contributed by atoms with Gasteiger partial charge in [-0.1, -0.05) is 47.4 Å². The maximum Gasteiger partial charge on any atom is 0.233 e. The lowest BCUT2D eigenvalue weighted by Crippen LogP contribution is -2.38. The normalized spacial score (nSPS) is 19.2. The summed E-state index contributed by atoms with van der Waals surface area (Å²) in [5.41, 5.74) is 12.0. The molecular formula is C28H26N6O2S3. The number of nitriles is 1. The number of benzene rings is 1. The summed E-state index contributed by atoms with van der Waals surface area (Å²) in [7, 11) is 0. The second kappa shape index (κ2) is 10.6. The number of hydrogen-bond donors (Lipinski definition) is 1. The second-order valence-corrected chi connectivity index (χ2v) is 12.9. The van der Waals surface area contributed by atoms with E-state index in [1.54, 1.807) is 16.2 Å². The fourth-order valence-electron chi connectivity index (χ4n) is 5.52. The molecule has 8 nitrogen and oxygen atoms in total. The molecule has 3 aromatic rings. The van der Waals surface area contributed by atoms with Crippen molar-refractivity contribution >= 4 is 51.3 Å². The van der Waals surface area contributed by atoms with Crippen LogP contribution in [0.15, 0.2) is 62.7 Å². The molecule has 6 rings (SSSR count). The highest BCUT2D eigenvalue weighted by Gasteiger charge is 2.42. The molecule has 0 spiro atoms. The summed E-state index contributed by atoms with van der Waals surface area (Å²) < 4.78 is 0.641. The Morgan fingerprint density at radius 3 is 2.79 bits per heavy atom. The molecule has 2 aromatic heterocycles. The number of allylic oxidation sites excluding steroid dienone is 3. The van der Waals surface area contributed by atoms with Gasteiger partial charge in [0.1, 0.15) is 5.82 Å². The first kappa shape index (κ1) is 25.8. The first-order valence-electron chi connectivity index (χ1n) is 12.8. The Labute approximate surface area is 238 Å². The highest BCUT2D eigenvalue weighted by atomic mass is 32.2. The minimum atomic E-state index is -0.455. The molecule has 4 heterocycles. The van der Waals surface area contributed by atoms with Crippen LogP contribution in [0.3, 0.4) is 0 Å². The highest BCUT2D eigenvalue weighted by molar-refractivity contribution is 8.01. The van der Waals surface area contributed by atoms with Crippen LogP contribution >= 0.6 is 34.4 Å². The third-order valence-corrected chi connectivity index (χ3v) is 10.6. The molecule has 0 saturated heterocycles. The van der Waals surface area contributed by atoms with E-state index in [0.717, 1.165) is 22.6 Å². The number of thiophene rings is 1. The van der Waals surface area contributed by atoms with Crippen molar-refractivity contribution in [2.45, 2.75) is 49.4 Å². The molecule has 1 atom stereocenters. The number of aryl methyl sites for hydroxylation is 1. The van der Waals surface area contributed by atoms with E-state index < -0.39 is 5.92 Å². The van der Waals surface area contributed by atoms with E-state index in [1.165, 1.54) is 34.2 Å². The van der Waals surface area contributed by atoms with E-state index in [0.29, 0.717) is 58.8 Å². The van der Waals surface area contributed by atoms with Crippen molar-refractivity contribution in [3.05, 3.63) is 79.9 Å². The van der Waals surface area contributed by atoms with Gasteiger partial charge in [-0.2, -0.15) is 5.26 Å². The predicted molar refractivity (Wildman–Crippen MR) is 153 cm³/mol. The van der Waals surface area contributed by atoms with Crippen molar-refractivity contribution in [2.75, 3.05) is 17.2 Å². The minimum absolute atomic E-state index is 0.0483. The number of Topliss-reactive ketones (excluding diaryl/α,β-unsaturated/α-hetero) is 1. The van der Waals surface area contributed by atoms with Crippen LogP contribution in [0, 0.1) is 18.3 Å². The number of anilines is 1. The van der Waals surface area contributed by atoms with E-state index in [1.807, 2.05) is 35.4 Å². The SMILES string of the molecule is Cc1ccsc1C1C(C#N)=C(N)N(c2nnc(SCC(=O)N3CCc4ccccc4C3)s2)C2=C1C(=O)CCC2. The van der Waals surface area contributed by atoms with E-state index in [9.17, 15) is 14.9 Å². The average molecular weight is 575 g/mol. The molecule has 3 aliphatic rings. The Morgan fingerprint density at radius 2 is 2.03 bits per heavy atom. The van der Waals surface area contributed by atoms with Crippen LogP contribution < -0.4 is 10.6 Å². The standard InChI is InChI=1S/C28H26N6O2S3/c1-16-10-12-37-25(16)23-19(13-29)26(30)34(20-7-4-8-21(35)24(20)23)27-31-32-28(39-27)38-15-22(36)33-11-9-17-5-2-3-6-18(17)14-33/h2-3,5-6,10,12,23H,4,7-9,11,14-15,30H2,1H3. The van der Waals surface area contributed by atoms with Crippen LogP contribution in [0.1, 0.15) is 46.7 Å². The van der Waals surface area contributed by atoms with Crippen LogP contribution in [0.5, 0.6) is 0 Å². The maximum atomic E-state index is 13.3. The summed E-state index contributed by atoms with van der Waals surface area (Å²) in [6.07, 6.45) is 2.69. The van der Waals surface area contributed by atoms with Crippen LogP contribution in [-0.2, 0) is 22.6 Å². The minimum Gasteiger partial charge on any atom is -0.384 e. The van der Waals surface area contributed by atoms with E-state index in [-0.39, 0.29) is 17.4 Å². The molecule has 2 aliphatic heterocycles. The summed E-state index contributed by atoms with van der Waals surface area (Å²) in [6, 6.07) is 12.5. The third-order valence-electron chi connectivity index (χ3n) is 7.47. The molecule has 1 aliphatic carbocycles. The van der Waals surface area contributed by atoms with Crippen molar-refractivity contribution in [3.63, 3.8) is 0 Å². The van der Waals surface area contributed by atoms with Crippen LogP contribution in [-0.4, -0.2) is 39.1 Å². The molecule has 1 amide bonds. The Hall–Kier alpha value is -3.46. The number of nitrogens with two attached hydrogens (primary N) is 1. The van der Waals surface area contributed by atoms with Crippen molar-refractivity contribution in [3.8, 4) is 6.07 Å². The number of nitrogens with zero attached hydrogens (tertiary/aromatic N) is 5. The molecule has 2 N–H and O–H groups in total. The van der Waals surface area contributed by atoms with Crippen LogP contribution in [0.2, 0.25) is 0 Å². The predicted octanol–water partition coefficient (Wildman–Crippen LogP) is 4.89. The van der Waals surface area contributed by atoms with Gasteiger partial charge in [-0.15, -0.1) is 21.5 Å². The topological polar surface area (TPSA) is 116 Å². The smallest absolute Gasteiger partial charge is 0.233 e. The Bertz CT molecular complexity index is 1580. The van der Waals surface area contributed by atoms with Crippen molar-refractivity contribution < 1.29 is 9.59 Å². The summed E-state index contributed by atoms with van der Waals surface area (Å²) in [6.45, 7) is 3.33. The largest absolute Gasteiger partial charge is 0.384 e. The molecule has 1 aromatic carbocycles. The zero-order chi connectivity index (χ0) is 27.1. The zero-order valence-electron chi connectivity index (χ0n) is 21.3. The number of thioether (sulfide) groups is 1. The fraction of sp³-hybridized carbons (Fsp3) is 0.321. The van der Waals surface area contributed by atoms with Gasteiger partial charge in [0.2, 0.25) is 11.0 Å². The fourth-order valence-corrected chi connectivity index (χ4v) is 8.35. The second-order valence-electron chi connectivity index (χ2n) is 9.76. The number of carbonyl (C=O) groups is 2. The van der Waals surface area contributed by atoms with Gasteiger partial charge in [-0.3, -0.25) is 14.5 Å².